The molecule has 0 spiro atoms. The maximum absolute atomic E-state index is 5.60. The van der Waals surface area contributed by atoms with Crippen molar-refractivity contribution in [1.29, 1.82) is 0 Å². The number of nitrogens with zero attached hydrogens (tertiary/aromatic N) is 1. The third kappa shape index (κ3) is 3.26. The second-order valence-electron chi connectivity index (χ2n) is 4.55. The fraction of sp³-hybridized carbons (Fsp3) is 0.111. The molecular weight excluding hydrogens is 230 g/mol. The van der Waals surface area contributed by atoms with Crippen molar-refractivity contribution in [3.05, 3.63) is 65.7 Å². The van der Waals surface area contributed by atoms with Gasteiger partial charge >= 0.3 is 0 Å². The lowest BCUT2D eigenvalue weighted by Crippen LogP contribution is -2.07. The van der Waals surface area contributed by atoms with Crippen LogP contribution >= 0.6 is 0 Å². The number of benzene rings is 2. The van der Waals surface area contributed by atoms with Gasteiger partial charge in [0.2, 0.25) is 0 Å². The molecule has 0 radical (unpaired) electrons. The van der Waals surface area contributed by atoms with Crippen LogP contribution in [0.3, 0.4) is 0 Å². The van der Waals surface area contributed by atoms with Gasteiger partial charge in [-0.1, -0.05) is 48.4 Å². The van der Waals surface area contributed by atoms with E-state index in [1.54, 1.807) is 0 Å². The smallest absolute Gasteiger partial charge is 0.0361 e. The van der Waals surface area contributed by atoms with Crippen molar-refractivity contribution in [3.8, 4) is 12.3 Å². The second-order valence-corrected chi connectivity index (χ2v) is 4.55. The Morgan fingerprint density at radius 1 is 1.00 bits per heavy atom. The second kappa shape index (κ2) is 5.93. The van der Waals surface area contributed by atoms with Crippen LogP contribution in [0.1, 0.15) is 11.1 Å². The zero-order valence-corrected chi connectivity index (χ0v) is 11.3. The predicted molar refractivity (Wildman–Crippen MR) is 83.9 cm³/mol. The molecule has 1 nitrogen and oxygen atoms in total. The van der Waals surface area contributed by atoms with Gasteiger partial charge in [0, 0.05) is 25.4 Å². The zero-order valence-electron chi connectivity index (χ0n) is 11.3. The van der Waals surface area contributed by atoms with Crippen LogP contribution in [0, 0.1) is 12.3 Å². The molecule has 0 aliphatic carbocycles. The zero-order chi connectivity index (χ0) is 13.7. The van der Waals surface area contributed by atoms with Gasteiger partial charge in [0.1, 0.15) is 0 Å². The highest BCUT2D eigenvalue weighted by Gasteiger charge is 1.99. The predicted octanol–water partition coefficient (Wildman–Crippen LogP) is 3.93. The van der Waals surface area contributed by atoms with Crippen LogP contribution in [0.25, 0.3) is 11.6 Å². The maximum atomic E-state index is 5.60. The third-order valence-corrected chi connectivity index (χ3v) is 2.96. The summed E-state index contributed by atoms with van der Waals surface area (Å²) >= 11 is 0. The van der Waals surface area contributed by atoms with E-state index in [9.17, 15) is 0 Å². The molecule has 2 aromatic rings. The minimum absolute atomic E-state index is 0.901. The lowest BCUT2D eigenvalue weighted by molar-refractivity contribution is 1.13. The highest BCUT2D eigenvalue weighted by molar-refractivity contribution is 5.90. The Morgan fingerprint density at radius 2 is 1.63 bits per heavy atom. The molecule has 0 amide bonds. The first kappa shape index (κ1) is 13.0. The molecule has 19 heavy (non-hydrogen) atoms. The quantitative estimate of drug-likeness (QED) is 0.587. The standard InChI is InChI=1S/C18H17N/c1-4-16(17-8-6-5-7-9-17)14-15-10-12-18(13-11-15)19(2)3/h1,5-14H,2-3H3. The van der Waals surface area contributed by atoms with E-state index in [0.29, 0.717) is 0 Å². The molecule has 0 aromatic heterocycles. The Morgan fingerprint density at radius 3 is 2.16 bits per heavy atom. The Hall–Kier alpha value is -2.46. The summed E-state index contributed by atoms with van der Waals surface area (Å²) in [6.45, 7) is 0. The Bertz CT molecular complexity index is 598. The highest BCUT2D eigenvalue weighted by atomic mass is 15.1. The van der Waals surface area contributed by atoms with E-state index in [-0.39, 0.29) is 0 Å². The number of hydrogen-bond acceptors (Lipinski definition) is 1. The molecule has 0 N–H and O–H groups in total. The van der Waals surface area contributed by atoms with E-state index >= 15 is 0 Å². The summed E-state index contributed by atoms with van der Waals surface area (Å²) < 4.78 is 0. The van der Waals surface area contributed by atoms with Gasteiger partial charge in [0.05, 0.1) is 0 Å². The van der Waals surface area contributed by atoms with Gasteiger partial charge in [-0.3, -0.25) is 0 Å². The summed E-state index contributed by atoms with van der Waals surface area (Å²) in [6.07, 6.45) is 7.64. The molecule has 94 valence electrons. The van der Waals surface area contributed by atoms with Crippen molar-refractivity contribution in [1.82, 2.24) is 0 Å². The topological polar surface area (TPSA) is 3.24 Å². The summed E-state index contributed by atoms with van der Waals surface area (Å²) in [5.74, 6) is 2.75. The van der Waals surface area contributed by atoms with Gasteiger partial charge in [-0.15, -0.1) is 6.42 Å². The summed E-state index contributed by atoms with van der Waals surface area (Å²) in [6, 6.07) is 18.4. The molecule has 0 fully saturated rings. The summed E-state index contributed by atoms with van der Waals surface area (Å²) in [7, 11) is 4.06. The number of rotatable bonds is 3. The molecule has 2 rings (SSSR count). The van der Waals surface area contributed by atoms with Crippen LogP contribution in [-0.2, 0) is 0 Å². The molecule has 0 saturated carbocycles. The van der Waals surface area contributed by atoms with Crippen LogP contribution in [0.2, 0.25) is 0 Å². The van der Waals surface area contributed by atoms with Crippen molar-refractivity contribution in [3.63, 3.8) is 0 Å². The largest absolute Gasteiger partial charge is 0.378 e. The molecular formula is C18H17N. The van der Waals surface area contributed by atoms with E-state index < -0.39 is 0 Å². The first-order valence-electron chi connectivity index (χ1n) is 6.22. The SMILES string of the molecule is C#CC(=Cc1ccc(N(C)C)cc1)c1ccccc1. The fourth-order valence-electron chi connectivity index (χ4n) is 1.86. The lowest BCUT2D eigenvalue weighted by atomic mass is 10.0. The molecule has 0 unspecified atom stereocenters. The third-order valence-electron chi connectivity index (χ3n) is 2.96. The monoisotopic (exact) mass is 247 g/mol. The van der Waals surface area contributed by atoms with E-state index in [0.717, 1.165) is 16.7 Å². The van der Waals surface area contributed by atoms with Gasteiger partial charge in [0.15, 0.2) is 0 Å². The van der Waals surface area contributed by atoms with Crippen molar-refractivity contribution in [2.45, 2.75) is 0 Å². The van der Waals surface area contributed by atoms with Crippen LogP contribution < -0.4 is 4.90 Å². The van der Waals surface area contributed by atoms with Crippen molar-refractivity contribution in [2.75, 3.05) is 19.0 Å². The average molecular weight is 247 g/mol. The molecule has 0 aliphatic rings. The van der Waals surface area contributed by atoms with Crippen LogP contribution in [0.4, 0.5) is 5.69 Å². The summed E-state index contributed by atoms with van der Waals surface area (Å²) in [5, 5.41) is 0. The van der Waals surface area contributed by atoms with Crippen LogP contribution in [-0.4, -0.2) is 14.1 Å². The molecule has 0 aliphatic heterocycles. The average Bonchev–Trinajstić information content (AvgIpc) is 2.46. The fourth-order valence-corrected chi connectivity index (χ4v) is 1.86. The lowest BCUT2D eigenvalue weighted by Gasteiger charge is -2.12. The molecule has 1 heteroatoms. The van der Waals surface area contributed by atoms with Crippen molar-refractivity contribution >= 4 is 17.3 Å². The van der Waals surface area contributed by atoms with Gasteiger partial charge in [-0.2, -0.15) is 0 Å². The minimum Gasteiger partial charge on any atom is -0.378 e. The highest BCUT2D eigenvalue weighted by Crippen LogP contribution is 2.19. The minimum atomic E-state index is 0.901. The van der Waals surface area contributed by atoms with Gasteiger partial charge in [0.25, 0.3) is 0 Å². The van der Waals surface area contributed by atoms with E-state index in [1.165, 1.54) is 5.69 Å². The number of allylic oxidation sites excluding steroid dienone is 1. The van der Waals surface area contributed by atoms with Gasteiger partial charge < -0.3 is 4.90 Å². The Labute approximate surface area is 115 Å². The normalized spacial score (nSPS) is 10.9. The van der Waals surface area contributed by atoms with E-state index in [4.69, 9.17) is 6.42 Å². The summed E-state index contributed by atoms with van der Waals surface area (Å²) in [4.78, 5) is 2.08. The Balaban J connectivity index is 2.31. The van der Waals surface area contributed by atoms with Crippen LogP contribution in [0.5, 0.6) is 0 Å². The number of terminal acetylenes is 1. The van der Waals surface area contributed by atoms with Gasteiger partial charge in [-0.25, -0.2) is 0 Å². The number of hydrogen-bond donors (Lipinski definition) is 0. The molecule has 0 atom stereocenters. The first-order chi connectivity index (χ1) is 9.20. The van der Waals surface area contributed by atoms with Gasteiger partial charge in [-0.05, 0) is 29.3 Å². The van der Waals surface area contributed by atoms with E-state index in [1.807, 2.05) is 50.5 Å². The maximum Gasteiger partial charge on any atom is 0.0361 e. The van der Waals surface area contributed by atoms with Crippen molar-refractivity contribution < 1.29 is 0 Å². The Kier molecular flexibility index (Phi) is 4.05. The number of anilines is 1. The van der Waals surface area contributed by atoms with Crippen molar-refractivity contribution in [2.24, 2.45) is 0 Å². The molecule has 0 saturated heterocycles. The molecule has 2 aromatic carbocycles. The molecule has 0 heterocycles. The summed E-state index contributed by atoms with van der Waals surface area (Å²) in [5.41, 5.74) is 4.27. The first-order valence-corrected chi connectivity index (χ1v) is 6.22. The molecule has 0 bridgehead atoms. The van der Waals surface area contributed by atoms with E-state index in [2.05, 4.69) is 35.1 Å². The van der Waals surface area contributed by atoms with Crippen LogP contribution in [0.15, 0.2) is 54.6 Å².